The third-order valence-electron chi connectivity index (χ3n) is 5.68. The molecule has 3 aromatic rings. The molecular formula is C19H16F6N4O2S. The minimum Gasteiger partial charge on any atom is -0.324 e. The topological polar surface area (TPSA) is 77.7 Å². The highest BCUT2D eigenvalue weighted by molar-refractivity contribution is 7.91. The van der Waals surface area contributed by atoms with Crippen molar-refractivity contribution in [1.29, 1.82) is 0 Å². The maximum atomic E-state index is 13.6. The molecule has 0 radical (unpaired) electrons. The van der Waals surface area contributed by atoms with Crippen molar-refractivity contribution in [1.82, 2.24) is 19.5 Å². The first-order valence-corrected chi connectivity index (χ1v) is 11.1. The van der Waals surface area contributed by atoms with Crippen molar-refractivity contribution in [3.63, 3.8) is 0 Å². The lowest BCUT2D eigenvalue weighted by atomic mass is 9.97. The van der Waals surface area contributed by atoms with Crippen LogP contribution in [0.25, 0.3) is 22.6 Å². The Hall–Kier alpha value is -2.70. The fraction of sp³-hybridized carbons (Fsp3) is 0.421. The molecule has 0 amide bonds. The van der Waals surface area contributed by atoms with Crippen LogP contribution in [0.2, 0.25) is 0 Å². The molecule has 1 aliphatic rings. The summed E-state index contributed by atoms with van der Waals surface area (Å²) in [6, 6.07) is 1.67. The van der Waals surface area contributed by atoms with Crippen LogP contribution in [0.3, 0.4) is 0 Å². The Labute approximate surface area is 178 Å². The smallest absolute Gasteiger partial charge is 0.324 e. The zero-order chi connectivity index (χ0) is 23.7. The van der Waals surface area contributed by atoms with Gasteiger partial charge in [-0.05, 0) is 30.5 Å². The van der Waals surface area contributed by atoms with E-state index in [1.807, 2.05) is 0 Å². The number of sulfone groups is 1. The maximum Gasteiger partial charge on any atom is 0.433 e. The molecule has 32 heavy (non-hydrogen) atoms. The number of halogens is 6. The fourth-order valence-electron chi connectivity index (χ4n) is 3.58. The molecule has 1 aliphatic carbocycles. The number of pyridine rings is 2. The van der Waals surface area contributed by atoms with Crippen LogP contribution in [0.1, 0.15) is 31.0 Å². The predicted molar refractivity (Wildman–Crippen MR) is 101 cm³/mol. The number of hydrogen-bond donors (Lipinski definition) is 0. The number of aromatic nitrogens is 4. The van der Waals surface area contributed by atoms with Crippen molar-refractivity contribution >= 4 is 20.9 Å². The van der Waals surface area contributed by atoms with Gasteiger partial charge in [-0.3, -0.25) is 4.98 Å². The number of nitrogens with zero attached hydrogens (tertiary/aromatic N) is 4. The summed E-state index contributed by atoms with van der Waals surface area (Å²) in [4.78, 5) is 11.0. The quantitative estimate of drug-likeness (QED) is 0.519. The summed E-state index contributed by atoms with van der Waals surface area (Å²) in [7, 11) is -2.62. The van der Waals surface area contributed by atoms with Crippen LogP contribution in [0.15, 0.2) is 29.4 Å². The largest absolute Gasteiger partial charge is 0.433 e. The summed E-state index contributed by atoms with van der Waals surface area (Å²) >= 11 is 0. The predicted octanol–water partition coefficient (Wildman–Crippen LogP) is 4.44. The number of alkyl halides is 6. The van der Waals surface area contributed by atoms with Gasteiger partial charge in [-0.15, -0.1) is 0 Å². The van der Waals surface area contributed by atoms with Crippen LogP contribution in [0, 0.1) is 0 Å². The highest BCUT2D eigenvalue weighted by Gasteiger charge is 2.64. The van der Waals surface area contributed by atoms with Gasteiger partial charge in [0.05, 0.1) is 33.3 Å². The molecule has 0 unspecified atom stereocenters. The highest BCUT2D eigenvalue weighted by atomic mass is 32.2. The van der Waals surface area contributed by atoms with Gasteiger partial charge in [0.1, 0.15) is 11.4 Å². The molecule has 6 nitrogen and oxygen atoms in total. The monoisotopic (exact) mass is 478 g/mol. The van der Waals surface area contributed by atoms with Gasteiger partial charge in [0.15, 0.2) is 15.7 Å². The summed E-state index contributed by atoms with van der Waals surface area (Å²) in [5, 5.41) is 0. The summed E-state index contributed by atoms with van der Waals surface area (Å²) in [6.07, 6.45) is -7.73. The second kappa shape index (κ2) is 6.90. The normalized spacial score (nSPS) is 16.5. The lowest BCUT2D eigenvalue weighted by Crippen LogP contribution is -2.29. The van der Waals surface area contributed by atoms with Gasteiger partial charge in [0.25, 0.3) is 0 Å². The first kappa shape index (κ1) is 22.5. The van der Waals surface area contributed by atoms with E-state index in [4.69, 9.17) is 0 Å². The van der Waals surface area contributed by atoms with Crippen LogP contribution in [-0.2, 0) is 28.5 Å². The van der Waals surface area contributed by atoms with Crippen molar-refractivity contribution < 1.29 is 34.8 Å². The molecule has 0 aromatic carbocycles. The number of hydrogen-bond acceptors (Lipinski definition) is 5. The minimum atomic E-state index is -4.71. The molecule has 3 heterocycles. The zero-order valence-electron chi connectivity index (χ0n) is 16.7. The minimum absolute atomic E-state index is 0.100. The van der Waals surface area contributed by atoms with Crippen LogP contribution in [-0.4, -0.2) is 39.9 Å². The summed E-state index contributed by atoms with van der Waals surface area (Å²) < 4.78 is 106. The van der Waals surface area contributed by atoms with Gasteiger partial charge in [-0.25, -0.2) is 18.4 Å². The van der Waals surface area contributed by atoms with Crippen LogP contribution in [0.4, 0.5) is 26.3 Å². The molecule has 0 atom stereocenters. The SMILES string of the molecule is CCS(=O)(=O)c1cc(C2(C(F)(F)F)CC2)cnc1-c1nc2cc(C(F)(F)F)ncc2n1C. The Morgan fingerprint density at radius 1 is 1.06 bits per heavy atom. The van der Waals surface area contributed by atoms with Crippen molar-refractivity contribution in [2.75, 3.05) is 5.75 Å². The Morgan fingerprint density at radius 2 is 1.72 bits per heavy atom. The van der Waals surface area contributed by atoms with Gasteiger partial charge in [-0.2, -0.15) is 26.3 Å². The summed E-state index contributed by atoms with van der Waals surface area (Å²) in [6.45, 7) is 1.33. The second-order valence-electron chi connectivity index (χ2n) is 7.60. The number of imidazole rings is 1. The van der Waals surface area contributed by atoms with Gasteiger partial charge in [-0.1, -0.05) is 6.92 Å². The lowest BCUT2D eigenvalue weighted by molar-refractivity contribution is -0.160. The van der Waals surface area contributed by atoms with E-state index in [9.17, 15) is 34.8 Å². The van der Waals surface area contributed by atoms with E-state index in [2.05, 4.69) is 15.0 Å². The van der Waals surface area contributed by atoms with Gasteiger partial charge >= 0.3 is 12.4 Å². The van der Waals surface area contributed by atoms with E-state index in [0.29, 0.717) is 6.07 Å². The zero-order valence-corrected chi connectivity index (χ0v) is 17.5. The Balaban J connectivity index is 1.94. The van der Waals surface area contributed by atoms with Crippen molar-refractivity contribution in [3.8, 4) is 11.5 Å². The Morgan fingerprint density at radius 3 is 2.25 bits per heavy atom. The molecule has 4 rings (SSSR count). The van der Waals surface area contributed by atoms with Gasteiger partial charge in [0.2, 0.25) is 0 Å². The van der Waals surface area contributed by atoms with Crippen LogP contribution < -0.4 is 0 Å². The van der Waals surface area contributed by atoms with E-state index in [0.717, 1.165) is 18.5 Å². The van der Waals surface area contributed by atoms with Crippen LogP contribution >= 0.6 is 0 Å². The summed E-state index contributed by atoms with van der Waals surface area (Å²) in [5.41, 5.74) is -3.76. The third-order valence-corrected chi connectivity index (χ3v) is 7.42. The third kappa shape index (κ3) is 3.42. The van der Waals surface area contributed by atoms with E-state index >= 15 is 0 Å². The van der Waals surface area contributed by atoms with E-state index in [1.54, 1.807) is 0 Å². The molecule has 0 N–H and O–H groups in total. The average Bonchev–Trinajstić information content (AvgIpc) is 3.47. The first-order valence-electron chi connectivity index (χ1n) is 9.41. The molecule has 0 saturated heterocycles. The standard InChI is InChI=1S/C19H16F6N4O2S/c1-3-32(30,31)13-6-10(17(4-5-17)19(23,24)25)8-27-15(13)16-28-11-7-14(18(20,21)22)26-9-12(11)29(16)2/h6-9H,3-5H2,1-2H3. The maximum absolute atomic E-state index is 13.6. The Kier molecular flexibility index (Phi) is 4.85. The molecule has 3 aromatic heterocycles. The molecule has 1 saturated carbocycles. The van der Waals surface area contributed by atoms with E-state index in [1.165, 1.54) is 18.5 Å². The molecular weight excluding hydrogens is 462 g/mol. The molecule has 172 valence electrons. The molecule has 13 heteroatoms. The molecule has 1 fully saturated rings. The van der Waals surface area contributed by atoms with Crippen molar-refractivity contribution in [2.45, 2.75) is 42.4 Å². The van der Waals surface area contributed by atoms with Crippen molar-refractivity contribution in [3.05, 3.63) is 35.8 Å². The van der Waals surface area contributed by atoms with E-state index < -0.39 is 43.9 Å². The first-order chi connectivity index (χ1) is 14.7. The van der Waals surface area contributed by atoms with Gasteiger partial charge < -0.3 is 4.57 Å². The van der Waals surface area contributed by atoms with Gasteiger partial charge in [0, 0.05) is 13.2 Å². The molecule has 0 bridgehead atoms. The fourth-order valence-corrected chi connectivity index (χ4v) is 4.64. The molecule has 0 spiro atoms. The van der Waals surface area contributed by atoms with Crippen molar-refractivity contribution in [2.24, 2.45) is 7.05 Å². The highest BCUT2D eigenvalue weighted by Crippen LogP contribution is 2.59. The van der Waals surface area contributed by atoms with E-state index in [-0.39, 0.29) is 41.0 Å². The average molecular weight is 478 g/mol. The Bertz CT molecular complexity index is 1320. The number of aryl methyl sites for hydroxylation is 1. The van der Waals surface area contributed by atoms with Crippen LogP contribution in [0.5, 0.6) is 0 Å². The lowest BCUT2D eigenvalue weighted by Gasteiger charge is -2.20. The number of fused-ring (bicyclic) bond motifs is 1. The number of rotatable bonds is 4. The molecule has 0 aliphatic heterocycles. The summed E-state index contributed by atoms with van der Waals surface area (Å²) in [5.74, 6) is -0.509. The second-order valence-corrected chi connectivity index (χ2v) is 9.85.